The Balaban J connectivity index is 1.73. The minimum absolute atomic E-state index is 0.184. The number of halogens is 4. The van der Waals surface area contributed by atoms with E-state index in [1.807, 2.05) is 0 Å². The van der Waals surface area contributed by atoms with E-state index in [-0.39, 0.29) is 45.6 Å². The van der Waals surface area contributed by atoms with Crippen LogP contribution in [0.1, 0.15) is 30.5 Å². The van der Waals surface area contributed by atoms with Crippen LogP contribution in [0.4, 0.5) is 8.78 Å². The van der Waals surface area contributed by atoms with Gasteiger partial charge in [0.05, 0.1) is 27.4 Å². The minimum Gasteiger partial charge on any atom is -0.506 e. The highest BCUT2D eigenvalue weighted by Crippen LogP contribution is 2.41. The number of ether oxygens (including phenoxy) is 1. The predicted octanol–water partition coefficient (Wildman–Crippen LogP) is 2.34. The second-order valence-corrected chi connectivity index (χ2v) is 10.6. The average Bonchev–Trinajstić information content (AvgIpc) is 2.80. The molecule has 0 atom stereocenters. The van der Waals surface area contributed by atoms with Crippen molar-refractivity contribution >= 4 is 33.2 Å². The number of sulfonamides is 1. The maximum atomic E-state index is 13.1. The first-order valence-electron chi connectivity index (χ1n) is 10.5. The minimum atomic E-state index is -4.30. The highest BCUT2D eigenvalue weighted by molar-refractivity contribution is 7.89. The van der Waals surface area contributed by atoms with Gasteiger partial charge in [0.1, 0.15) is 22.5 Å². The van der Waals surface area contributed by atoms with Crippen LogP contribution in [-0.2, 0) is 10.0 Å². The van der Waals surface area contributed by atoms with Gasteiger partial charge in [0.25, 0.3) is 12.0 Å². The Morgan fingerprint density at radius 2 is 1.84 bits per heavy atom. The number of nitrogens with one attached hydrogen (secondary N) is 2. The van der Waals surface area contributed by atoms with Gasteiger partial charge in [0.2, 0.25) is 10.0 Å². The zero-order chi connectivity index (χ0) is 27.9. The van der Waals surface area contributed by atoms with Crippen LogP contribution in [0.5, 0.6) is 17.2 Å². The van der Waals surface area contributed by atoms with Gasteiger partial charge < -0.3 is 14.9 Å². The highest BCUT2D eigenvalue weighted by Gasteiger charge is 2.33. The summed E-state index contributed by atoms with van der Waals surface area (Å²) >= 11 is 12.5. The normalized spacial score (nSPS) is 17.2. The first-order chi connectivity index (χ1) is 17.8. The number of phenols is 1. The monoisotopic (exact) mass is 589 g/mol. The predicted molar refractivity (Wildman–Crippen MR) is 128 cm³/mol. The molecule has 0 bridgehead atoms. The van der Waals surface area contributed by atoms with Gasteiger partial charge in [-0.05, 0) is 25.0 Å². The largest absolute Gasteiger partial charge is 0.506 e. The Morgan fingerprint density at radius 3 is 2.39 bits per heavy atom. The van der Waals surface area contributed by atoms with Crippen molar-refractivity contribution in [3.05, 3.63) is 66.4 Å². The molecular weight excluding hydrogens is 575 g/mol. The fraction of sp³-hybridized carbons (Fsp3) is 0.238. The van der Waals surface area contributed by atoms with Crippen LogP contribution in [0.3, 0.4) is 0 Å². The molecule has 0 aliphatic heterocycles. The Labute approximate surface area is 221 Å². The van der Waals surface area contributed by atoms with Crippen LogP contribution in [-0.4, -0.2) is 45.5 Å². The number of nitrogens with zero attached hydrogens (tertiary/aromatic N) is 3. The molecule has 0 saturated heterocycles. The molecule has 12 nitrogen and oxygen atoms in total. The molecule has 0 spiro atoms. The number of hydrogen-bond acceptors (Lipinski definition) is 9. The van der Waals surface area contributed by atoms with Gasteiger partial charge in [0, 0.05) is 18.2 Å². The van der Waals surface area contributed by atoms with E-state index in [0.29, 0.717) is 4.68 Å². The molecule has 1 aliphatic rings. The zero-order valence-corrected chi connectivity index (χ0v) is 21.0. The third-order valence-electron chi connectivity index (χ3n) is 5.41. The number of H-pyrrole nitrogens is 1. The number of rotatable bonds is 7. The van der Waals surface area contributed by atoms with Crippen molar-refractivity contribution in [3.8, 4) is 29.0 Å². The zero-order valence-electron chi connectivity index (χ0n) is 18.7. The van der Waals surface area contributed by atoms with Gasteiger partial charge in [0.15, 0.2) is 11.4 Å². The van der Waals surface area contributed by atoms with Crippen LogP contribution < -0.4 is 20.7 Å². The highest BCUT2D eigenvalue weighted by atomic mass is 35.5. The van der Waals surface area contributed by atoms with Crippen molar-refractivity contribution in [2.75, 3.05) is 0 Å². The molecule has 4 N–H and O–H groups in total. The molecule has 1 aromatic heterocycles. The van der Waals surface area contributed by atoms with Crippen LogP contribution in [0.2, 0.25) is 10.0 Å². The molecule has 1 fully saturated rings. The van der Waals surface area contributed by atoms with Gasteiger partial charge in [-0.1, -0.05) is 23.2 Å². The molecule has 0 radical (unpaired) electrons. The molecule has 1 aliphatic carbocycles. The van der Waals surface area contributed by atoms with Crippen molar-refractivity contribution < 1.29 is 32.1 Å². The summed E-state index contributed by atoms with van der Waals surface area (Å²) in [5.41, 5.74) is -4.28. The summed E-state index contributed by atoms with van der Waals surface area (Å²) in [6.45, 7) is 0. The maximum absolute atomic E-state index is 13.1. The molecule has 1 saturated carbocycles. The first-order valence-corrected chi connectivity index (χ1v) is 12.7. The van der Waals surface area contributed by atoms with Gasteiger partial charge in [-0.2, -0.15) is 15.0 Å². The molecule has 17 heteroatoms. The van der Waals surface area contributed by atoms with E-state index in [0.717, 1.165) is 24.3 Å². The molecule has 4 rings (SSSR count). The smallest absolute Gasteiger partial charge is 0.349 e. The van der Waals surface area contributed by atoms with Crippen molar-refractivity contribution in [1.29, 1.82) is 5.26 Å². The lowest BCUT2D eigenvalue weighted by atomic mass is 9.91. The van der Waals surface area contributed by atoms with Crippen molar-refractivity contribution in [2.24, 2.45) is 0 Å². The maximum Gasteiger partial charge on any atom is 0.349 e. The summed E-state index contributed by atoms with van der Waals surface area (Å²) in [5.74, 6) is -1.42. The number of aliphatic hydroxyl groups is 1. The third-order valence-corrected chi connectivity index (χ3v) is 7.52. The van der Waals surface area contributed by atoms with Crippen molar-refractivity contribution in [2.45, 2.75) is 36.3 Å². The summed E-state index contributed by atoms with van der Waals surface area (Å²) < 4.78 is 60.0. The second-order valence-electron chi connectivity index (χ2n) is 8.07. The molecular formula is C21H15Cl2F2N5O7S. The fourth-order valence-corrected chi connectivity index (χ4v) is 5.42. The van der Waals surface area contributed by atoms with E-state index >= 15 is 0 Å². The number of alkyl halides is 2. The van der Waals surface area contributed by atoms with Crippen LogP contribution in [0.25, 0.3) is 5.69 Å². The quantitative estimate of drug-likeness (QED) is 0.320. The number of phenolic OH excluding ortho intramolecular Hbond substituents is 1. The van der Waals surface area contributed by atoms with Crippen molar-refractivity contribution in [1.82, 2.24) is 19.5 Å². The number of aromatic amines is 1. The molecule has 0 unspecified atom stereocenters. The van der Waals surface area contributed by atoms with E-state index in [1.165, 1.54) is 0 Å². The van der Waals surface area contributed by atoms with E-state index < -0.39 is 56.2 Å². The van der Waals surface area contributed by atoms with Crippen LogP contribution in [0, 0.1) is 11.3 Å². The molecule has 38 heavy (non-hydrogen) atoms. The van der Waals surface area contributed by atoms with E-state index in [1.54, 1.807) is 11.1 Å². The molecule has 0 amide bonds. The van der Waals surface area contributed by atoms with Gasteiger partial charge in [-0.3, -0.25) is 9.78 Å². The van der Waals surface area contributed by atoms with E-state index in [2.05, 4.69) is 9.82 Å². The first kappa shape index (κ1) is 27.5. The molecule has 2 aromatic carbocycles. The van der Waals surface area contributed by atoms with Gasteiger partial charge in [-0.25, -0.2) is 26.7 Å². The SMILES string of the molecule is N#Cc1cc(O)c(S(=O)(=O)N[C@H]2C[C@H](O)C2)cc1Oc1c(Cl)cc(-n2nc(C(F)F)c(=O)[nH]c2=O)cc1Cl. The number of benzene rings is 2. The lowest BCUT2D eigenvalue weighted by Crippen LogP contribution is -2.46. The lowest BCUT2D eigenvalue weighted by molar-refractivity contribution is 0.0712. The standard InChI is InChI=1S/C21H15Cl2F2N5O7S/c22-12-4-10(30-21(34)27-20(33)17(28-30)19(24)25)5-13(23)18(12)37-15-6-16(14(32)1-8(15)7-26)38(35,36)29-9-2-11(31)3-9/h1,4-6,9,11,19,29,31-32H,2-3H2,(H,27,33,34)/t9-,11-. The second kappa shape index (κ2) is 10.3. The number of hydrogen-bond donors (Lipinski definition) is 4. The molecule has 3 aromatic rings. The summed E-state index contributed by atoms with van der Waals surface area (Å²) in [4.78, 5) is 24.7. The van der Waals surface area contributed by atoms with Gasteiger partial charge in [-0.15, -0.1) is 0 Å². The van der Waals surface area contributed by atoms with E-state index in [9.17, 15) is 42.3 Å². The van der Waals surface area contributed by atoms with Gasteiger partial charge >= 0.3 is 5.69 Å². The summed E-state index contributed by atoms with van der Waals surface area (Å²) in [6.07, 6.45) is -3.56. The summed E-state index contributed by atoms with van der Waals surface area (Å²) in [7, 11) is -4.30. The van der Waals surface area contributed by atoms with E-state index in [4.69, 9.17) is 27.9 Å². The number of aromatic hydroxyl groups is 1. The topological polar surface area (TPSA) is 187 Å². The Hall–Kier alpha value is -3.55. The molecule has 1 heterocycles. The fourth-order valence-electron chi connectivity index (χ4n) is 3.51. The average molecular weight is 590 g/mol. The van der Waals surface area contributed by atoms with Crippen LogP contribution in [0.15, 0.2) is 38.8 Å². The number of aliphatic hydroxyl groups excluding tert-OH is 1. The Morgan fingerprint density at radius 1 is 1.21 bits per heavy atom. The number of aromatic nitrogens is 3. The molecule has 200 valence electrons. The number of nitriles is 1. The third kappa shape index (κ3) is 5.35. The lowest BCUT2D eigenvalue weighted by Gasteiger charge is -2.31. The van der Waals surface area contributed by atoms with Crippen LogP contribution >= 0.6 is 23.2 Å². The Bertz CT molecular complexity index is 1680. The summed E-state index contributed by atoms with van der Waals surface area (Å²) in [5, 5.41) is 31.8. The van der Waals surface area contributed by atoms with Crippen molar-refractivity contribution in [3.63, 3.8) is 0 Å². The Kier molecular flexibility index (Phi) is 7.46. The summed E-state index contributed by atoms with van der Waals surface area (Å²) in [6, 6.07) is 4.98.